The molecule has 1 aliphatic rings. The number of amides is 1. The van der Waals surface area contributed by atoms with Gasteiger partial charge in [-0.1, -0.05) is 13.8 Å². The first-order valence-electron chi connectivity index (χ1n) is 6.47. The molecule has 18 heavy (non-hydrogen) atoms. The largest absolute Gasteiger partial charge is 0.481 e. The van der Waals surface area contributed by atoms with Crippen LogP contribution in [-0.2, 0) is 9.59 Å². The molecule has 1 fully saturated rings. The van der Waals surface area contributed by atoms with Gasteiger partial charge in [0, 0.05) is 11.5 Å². The fourth-order valence-corrected chi connectivity index (χ4v) is 2.80. The smallest absolute Gasteiger partial charge is 0.309 e. The van der Waals surface area contributed by atoms with Crippen molar-refractivity contribution >= 4 is 11.9 Å². The van der Waals surface area contributed by atoms with Gasteiger partial charge in [0.2, 0.25) is 5.91 Å². The number of hydrogen-bond donors (Lipinski definition) is 2. The molecule has 2 N–H and O–H groups in total. The highest BCUT2D eigenvalue weighted by atomic mass is 16.4. The van der Waals surface area contributed by atoms with Crippen LogP contribution in [0.1, 0.15) is 54.4 Å². The van der Waals surface area contributed by atoms with Crippen LogP contribution < -0.4 is 5.32 Å². The highest BCUT2D eigenvalue weighted by Crippen LogP contribution is 2.56. The van der Waals surface area contributed by atoms with Gasteiger partial charge in [-0.3, -0.25) is 9.59 Å². The van der Waals surface area contributed by atoms with Crippen LogP contribution in [0.4, 0.5) is 0 Å². The third kappa shape index (κ3) is 2.38. The zero-order valence-corrected chi connectivity index (χ0v) is 12.3. The average molecular weight is 255 g/mol. The number of nitrogens with one attached hydrogen (secondary N) is 1. The zero-order valence-electron chi connectivity index (χ0n) is 12.3. The van der Waals surface area contributed by atoms with Gasteiger partial charge in [0.25, 0.3) is 0 Å². The van der Waals surface area contributed by atoms with Crippen molar-refractivity contribution in [1.29, 1.82) is 0 Å². The molecule has 104 valence electrons. The summed E-state index contributed by atoms with van der Waals surface area (Å²) in [7, 11) is 0. The lowest BCUT2D eigenvalue weighted by Crippen LogP contribution is -2.49. The highest BCUT2D eigenvalue weighted by molar-refractivity contribution is 5.84. The van der Waals surface area contributed by atoms with Crippen molar-refractivity contribution in [2.45, 2.75) is 59.9 Å². The van der Waals surface area contributed by atoms with Crippen LogP contribution in [-0.4, -0.2) is 22.5 Å². The Hall–Kier alpha value is -1.06. The molecule has 0 aromatic carbocycles. The summed E-state index contributed by atoms with van der Waals surface area (Å²) in [5.74, 6) is -1.08. The maximum absolute atomic E-state index is 12.3. The van der Waals surface area contributed by atoms with Crippen molar-refractivity contribution in [3.8, 4) is 0 Å². The van der Waals surface area contributed by atoms with Crippen LogP contribution in [0.5, 0.6) is 0 Å². The normalized spacial score (nSPS) is 31.1. The number of aliphatic carboxylic acids is 1. The lowest BCUT2D eigenvalue weighted by molar-refractivity contribution is -0.155. The Morgan fingerprint density at radius 2 is 1.72 bits per heavy atom. The van der Waals surface area contributed by atoms with Crippen molar-refractivity contribution in [1.82, 2.24) is 5.32 Å². The molecule has 4 heteroatoms. The molecule has 1 amide bonds. The molecule has 0 aromatic rings. The molecule has 1 aliphatic carbocycles. The van der Waals surface area contributed by atoms with Crippen LogP contribution in [0.3, 0.4) is 0 Å². The summed E-state index contributed by atoms with van der Waals surface area (Å²) in [5, 5.41) is 12.4. The standard InChI is InChI=1S/C14H25NO3/c1-12(2,3)15-10(16)9-7-8-14(6,11(17)18)13(9,4)5/h9H,7-8H2,1-6H3,(H,15,16)(H,17,18)/t9-,14+/m1/s1. The summed E-state index contributed by atoms with van der Waals surface area (Å²) in [4.78, 5) is 23.7. The number of carboxylic acid groups (broad SMARTS) is 1. The van der Waals surface area contributed by atoms with E-state index in [1.807, 2.05) is 34.6 Å². The minimum absolute atomic E-state index is 0.0301. The topological polar surface area (TPSA) is 66.4 Å². The van der Waals surface area contributed by atoms with Gasteiger partial charge in [0.15, 0.2) is 0 Å². The van der Waals surface area contributed by atoms with E-state index < -0.39 is 16.8 Å². The third-order valence-electron chi connectivity index (χ3n) is 4.51. The molecule has 1 rings (SSSR count). The molecule has 0 spiro atoms. The Morgan fingerprint density at radius 1 is 1.22 bits per heavy atom. The van der Waals surface area contributed by atoms with Gasteiger partial charge in [0.05, 0.1) is 5.41 Å². The van der Waals surface area contributed by atoms with Crippen molar-refractivity contribution < 1.29 is 14.7 Å². The number of carbonyl (C=O) groups is 2. The van der Waals surface area contributed by atoms with Gasteiger partial charge in [-0.2, -0.15) is 0 Å². The number of carboxylic acids is 1. The Labute approximate surface area is 109 Å². The fraction of sp³-hybridized carbons (Fsp3) is 0.857. The van der Waals surface area contributed by atoms with E-state index in [0.717, 1.165) is 0 Å². The monoisotopic (exact) mass is 255 g/mol. The SMILES string of the molecule is CC(C)(C)NC(=O)[C@H]1CC[C@@](C)(C(=O)O)C1(C)C. The lowest BCUT2D eigenvalue weighted by atomic mass is 9.65. The van der Waals surface area contributed by atoms with Gasteiger partial charge >= 0.3 is 5.97 Å². The maximum atomic E-state index is 12.3. The van der Waals surface area contributed by atoms with Crippen LogP contribution in [0.2, 0.25) is 0 Å². The molecule has 0 aliphatic heterocycles. The van der Waals surface area contributed by atoms with Crippen LogP contribution in [0.15, 0.2) is 0 Å². The third-order valence-corrected chi connectivity index (χ3v) is 4.51. The van der Waals surface area contributed by atoms with E-state index in [1.165, 1.54) is 0 Å². The van der Waals surface area contributed by atoms with Crippen molar-refractivity contribution in [2.75, 3.05) is 0 Å². The van der Waals surface area contributed by atoms with E-state index in [1.54, 1.807) is 6.92 Å². The Morgan fingerprint density at radius 3 is 2.06 bits per heavy atom. The fourth-order valence-electron chi connectivity index (χ4n) is 2.80. The minimum Gasteiger partial charge on any atom is -0.481 e. The Kier molecular flexibility index (Phi) is 3.54. The van der Waals surface area contributed by atoms with Gasteiger partial charge in [0.1, 0.15) is 0 Å². The van der Waals surface area contributed by atoms with Crippen LogP contribution in [0.25, 0.3) is 0 Å². The first-order valence-corrected chi connectivity index (χ1v) is 6.47. The minimum atomic E-state index is -0.826. The summed E-state index contributed by atoms with van der Waals surface area (Å²) >= 11 is 0. The first-order chi connectivity index (χ1) is 7.92. The lowest BCUT2D eigenvalue weighted by Gasteiger charge is -2.38. The van der Waals surface area contributed by atoms with Gasteiger partial charge in [-0.25, -0.2) is 0 Å². The molecule has 0 aromatic heterocycles. The van der Waals surface area contributed by atoms with Crippen molar-refractivity contribution in [3.05, 3.63) is 0 Å². The van der Waals surface area contributed by atoms with Crippen LogP contribution >= 0.6 is 0 Å². The molecule has 0 radical (unpaired) electrons. The second-order valence-corrected chi connectivity index (χ2v) is 7.19. The zero-order chi connectivity index (χ0) is 14.4. The van der Waals surface area contributed by atoms with E-state index in [0.29, 0.717) is 12.8 Å². The van der Waals surface area contributed by atoms with E-state index in [4.69, 9.17) is 0 Å². The number of carbonyl (C=O) groups excluding carboxylic acids is 1. The number of rotatable bonds is 2. The molecule has 2 atom stereocenters. The predicted molar refractivity (Wildman–Crippen MR) is 70.1 cm³/mol. The van der Waals surface area contributed by atoms with E-state index in [-0.39, 0.29) is 17.4 Å². The average Bonchev–Trinajstić information content (AvgIpc) is 2.36. The highest BCUT2D eigenvalue weighted by Gasteiger charge is 2.58. The summed E-state index contributed by atoms with van der Waals surface area (Å²) in [5.41, 5.74) is -1.64. The van der Waals surface area contributed by atoms with Gasteiger partial charge in [-0.05, 0) is 46.0 Å². The predicted octanol–water partition coefficient (Wildman–Crippen LogP) is 2.43. The molecule has 4 nitrogen and oxygen atoms in total. The molecule has 0 bridgehead atoms. The summed E-state index contributed by atoms with van der Waals surface area (Å²) < 4.78 is 0. The van der Waals surface area contributed by atoms with Gasteiger partial charge < -0.3 is 10.4 Å². The second kappa shape index (κ2) is 4.25. The second-order valence-electron chi connectivity index (χ2n) is 7.19. The molecule has 0 heterocycles. The van der Waals surface area contributed by atoms with Crippen LogP contribution in [0, 0.1) is 16.7 Å². The van der Waals surface area contributed by atoms with E-state index in [9.17, 15) is 14.7 Å². The van der Waals surface area contributed by atoms with Crippen molar-refractivity contribution in [3.63, 3.8) is 0 Å². The summed E-state index contributed by atoms with van der Waals surface area (Å²) in [6, 6.07) is 0. The van der Waals surface area contributed by atoms with E-state index in [2.05, 4.69) is 5.32 Å². The number of hydrogen-bond acceptors (Lipinski definition) is 2. The maximum Gasteiger partial charge on any atom is 0.309 e. The van der Waals surface area contributed by atoms with E-state index >= 15 is 0 Å². The first kappa shape index (κ1) is 15.0. The summed E-state index contributed by atoms with van der Waals surface area (Å²) in [6.45, 7) is 11.3. The molecule has 0 saturated heterocycles. The Balaban J connectivity index is 2.95. The summed E-state index contributed by atoms with van der Waals surface area (Å²) in [6.07, 6.45) is 1.19. The van der Waals surface area contributed by atoms with Gasteiger partial charge in [-0.15, -0.1) is 0 Å². The molecule has 0 unspecified atom stereocenters. The quantitative estimate of drug-likeness (QED) is 0.796. The Bertz CT molecular complexity index is 368. The molecular formula is C14H25NO3. The van der Waals surface area contributed by atoms with Crippen molar-refractivity contribution in [2.24, 2.45) is 16.7 Å². The molecular weight excluding hydrogens is 230 g/mol. The molecule has 1 saturated carbocycles.